The third-order valence-electron chi connectivity index (χ3n) is 14.0. The molecule has 1 atom stereocenters. The van der Waals surface area contributed by atoms with Crippen molar-refractivity contribution in [1.29, 1.82) is 0 Å². The minimum Gasteiger partial charge on any atom is -0.462 e. The van der Waals surface area contributed by atoms with Crippen LogP contribution in [-0.2, 0) is 28.6 Å². The Morgan fingerprint density at radius 3 is 0.768 bits per heavy atom. The zero-order chi connectivity index (χ0) is 59.2. The molecule has 0 heterocycles. The van der Waals surface area contributed by atoms with Gasteiger partial charge in [0.25, 0.3) is 0 Å². The fraction of sp³-hybridized carbons (Fsp3) is 0.645. The molecule has 0 fully saturated rings. The SMILES string of the molecule is CC/C=C\C/C=C\C/C=C\C/C=C\C/C=C\C/C=C\C/C=C\C/C=C\CCCCCCCCC(=O)OCC(COC(=O)CCCCCCC/C=C\C/C=C\CCCCC)OC(=O)CCCCCCCCC/C=C\C/C=C\CCCCCC. The number of allylic oxidation sites excluding steroid dienone is 24. The highest BCUT2D eigenvalue weighted by atomic mass is 16.6. The van der Waals surface area contributed by atoms with Gasteiger partial charge in [-0.25, -0.2) is 0 Å². The van der Waals surface area contributed by atoms with Gasteiger partial charge in [-0.3, -0.25) is 14.4 Å². The molecule has 6 heteroatoms. The smallest absolute Gasteiger partial charge is 0.306 e. The predicted octanol–water partition coefficient (Wildman–Crippen LogP) is 23.5. The number of ether oxygens (including phenoxy) is 3. The molecule has 464 valence electrons. The lowest BCUT2D eigenvalue weighted by Crippen LogP contribution is -2.30. The van der Waals surface area contributed by atoms with Gasteiger partial charge in [0.05, 0.1) is 0 Å². The molecule has 0 bridgehead atoms. The van der Waals surface area contributed by atoms with E-state index in [4.69, 9.17) is 14.2 Å². The summed E-state index contributed by atoms with van der Waals surface area (Å²) in [5, 5.41) is 0. The van der Waals surface area contributed by atoms with E-state index >= 15 is 0 Å². The second-order valence-electron chi connectivity index (χ2n) is 22.0. The fourth-order valence-electron chi connectivity index (χ4n) is 8.99. The van der Waals surface area contributed by atoms with Crippen molar-refractivity contribution in [3.05, 3.63) is 146 Å². The van der Waals surface area contributed by atoms with Crippen LogP contribution in [0.15, 0.2) is 146 Å². The quantitative estimate of drug-likeness (QED) is 0.0261. The molecule has 0 radical (unpaired) electrons. The molecule has 0 aromatic heterocycles. The third kappa shape index (κ3) is 66.1. The Kier molecular flexibility index (Phi) is 64.8. The van der Waals surface area contributed by atoms with E-state index in [1.807, 2.05) is 0 Å². The molecule has 0 aromatic carbocycles. The van der Waals surface area contributed by atoms with Gasteiger partial charge in [-0.15, -0.1) is 0 Å². The first-order valence-electron chi connectivity index (χ1n) is 33.8. The van der Waals surface area contributed by atoms with Crippen LogP contribution in [0.2, 0.25) is 0 Å². The molecule has 1 unspecified atom stereocenters. The Hall–Kier alpha value is -4.71. The number of esters is 3. The van der Waals surface area contributed by atoms with Gasteiger partial charge in [0.2, 0.25) is 0 Å². The van der Waals surface area contributed by atoms with Crippen LogP contribution < -0.4 is 0 Å². The van der Waals surface area contributed by atoms with Crippen molar-refractivity contribution in [2.45, 2.75) is 303 Å². The van der Waals surface area contributed by atoms with Crippen molar-refractivity contribution < 1.29 is 28.6 Å². The fourth-order valence-corrected chi connectivity index (χ4v) is 8.99. The lowest BCUT2D eigenvalue weighted by Gasteiger charge is -2.18. The molecule has 0 aromatic rings. The van der Waals surface area contributed by atoms with Crippen molar-refractivity contribution in [2.24, 2.45) is 0 Å². The van der Waals surface area contributed by atoms with E-state index in [1.165, 1.54) is 96.3 Å². The molecular formula is C76H124O6. The van der Waals surface area contributed by atoms with E-state index in [9.17, 15) is 14.4 Å². The van der Waals surface area contributed by atoms with Crippen LogP contribution >= 0.6 is 0 Å². The second kappa shape index (κ2) is 68.8. The first-order chi connectivity index (χ1) is 40.5. The summed E-state index contributed by atoms with van der Waals surface area (Å²) in [5.41, 5.74) is 0. The van der Waals surface area contributed by atoms with E-state index in [2.05, 4.69) is 167 Å². The summed E-state index contributed by atoms with van der Waals surface area (Å²) in [7, 11) is 0. The van der Waals surface area contributed by atoms with Crippen molar-refractivity contribution in [3.8, 4) is 0 Å². The molecule has 0 spiro atoms. The highest BCUT2D eigenvalue weighted by Crippen LogP contribution is 2.15. The summed E-state index contributed by atoms with van der Waals surface area (Å²) in [6, 6.07) is 0. The van der Waals surface area contributed by atoms with Gasteiger partial charge in [-0.05, 0) is 148 Å². The third-order valence-corrected chi connectivity index (χ3v) is 14.0. The first-order valence-corrected chi connectivity index (χ1v) is 33.8. The molecule has 82 heavy (non-hydrogen) atoms. The van der Waals surface area contributed by atoms with E-state index < -0.39 is 6.10 Å². The summed E-state index contributed by atoms with van der Waals surface area (Å²) in [6.45, 7) is 6.46. The van der Waals surface area contributed by atoms with Crippen LogP contribution in [0.5, 0.6) is 0 Å². The molecule has 0 rings (SSSR count). The lowest BCUT2D eigenvalue weighted by molar-refractivity contribution is -0.167. The van der Waals surface area contributed by atoms with Crippen LogP contribution in [0, 0.1) is 0 Å². The molecule has 6 nitrogen and oxygen atoms in total. The Morgan fingerprint density at radius 2 is 0.476 bits per heavy atom. The van der Waals surface area contributed by atoms with Crippen LogP contribution in [0.4, 0.5) is 0 Å². The summed E-state index contributed by atoms with van der Waals surface area (Å²) in [4.78, 5) is 38.4. The zero-order valence-electron chi connectivity index (χ0n) is 53.2. The summed E-state index contributed by atoms with van der Waals surface area (Å²) in [5.74, 6) is -0.930. The first kappa shape index (κ1) is 77.3. The van der Waals surface area contributed by atoms with E-state index in [0.29, 0.717) is 19.3 Å². The number of hydrogen-bond donors (Lipinski definition) is 0. The molecule has 0 N–H and O–H groups in total. The van der Waals surface area contributed by atoms with Crippen molar-refractivity contribution in [2.75, 3.05) is 13.2 Å². The van der Waals surface area contributed by atoms with E-state index in [1.54, 1.807) is 0 Å². The minimum atomic E-state index is -0.802. The average molecular weight is 1130 g/mol. The monoisotopic (exact) mass is 1130 g/mol. The normalized spacial score (nSPS) is 13.1. The highest BCUT2D eigenvalue weighted by molar-refractivity contribution is 5.71. The Balaban J connectivity index is 4.39. The Labute approximate surface area is 506 Å². The molecule has 0 aliphatic heterocycles. The maximum absolute atomic E-state index is 12.9. The summed E-state index contributed by atoms with van der Waals surface area (Å²) in [6.07, 6.45) is 98.5. The molecule has 0 aliphatic carbocycles. The largest absolute Gasteiger partial charge is 0.462 e. The standard InChI is InChI=1S/C76H124O6/c1-4-7-10-13-16-19-22-25-28-30-32-33-34-35-36-37-38-39-40-41-42-43-44-46-48-51-54-57-60-63-66-69-75(78)81-72-73(71-80-74(77)68-65-62-59-56-53-50-47-27-24-21-18-15-12-9-6-3)82-76(79)70-67-64-61-58-55-52-49-45-31-29-26-23-20-17-14-11-8-5-2/h7,10,16,18-21,23,25,27-29,31-33,35-36,38-39,41-42,44,46-47,73H,4-6,8-9,11-15,17,22,24,26,30,34,37,40,43,45,48-72H2,1-3H3/b10-7-,19-16-,21-18-,23-20-,28-25-,31-29-,33-32-,36-35-,39-38-,42-41-,46-44-,47-27-. The van der Waals surface area contributed by atoms with Crippen LogP contribution in [0.3, 0.4) is 0 Å². The minimum absolute atomic E-state index is 0.0971. The van der Waals surface area contributed by atoms with Crippen LogP contribution in [-0.4, -0.2) is 37.2 Å². The van der Waals surface area contributed by atoms with Crippen molar-refractivity contribution >= 4 is 17.9 Å². The lowest BCUT2D eigenvalue weighted by atomic mass is 10.1. The molecule has 0 saturated carbocycles. The summed E-state index contributed by atoms with van der Waals surface area (Å²) >= 11 is 0. The maximum Gasteiger partial charge on any atom is 0.306 e. The zero-order valence-corrected chi connectivity index (χ0v) is 53.2. The highest BCUT2D eigenvalue weighted by Gasteiger charge is 2.19. The topological polar surface area (TPSA) is 78.9 Å². The van der Waals surface area contributed by atoms with Gasteiger partial charge in [-0.2, -0.15) is 0 Å². The van der Waals surface area contributed by atoms with E-state index in [0.717, 1.165) is 161 Å². The molecule has 0 aliphatic rings. The molecule has 0 saturated heterocycles. The predicted molar refractivity (Wildman–Crippen MR) is 357 cm³/mol. The molecule has 0 amide bonds. The number of carbonyl (C=O) groups excluding carboxylic acids is 3. The van der Waals surface area contributed by atoms with Crippen molar-refractivity contribution in [3.63, 3.8) is 0 Å². The van der Waals surface area contributed by atoms with Gasteiger partial charge in [0.15, 0.2) is 6.10 Å². The number of hydrogen-bond acceptors (Lipinski definition) is 6. The van der Waals surface area contributed by atoms with Crippen LogP contribution in [0.1, 0.15) is 297 Å². The molecular weight excluding hydrogens is 1010 g/mol. The van der Waals surface area contributed by atoms with Crippen molar-refractivity contribution in [1.82, 2.24) is 0 Å². The van der Waals surface area contributed by atoms with E-state index in [-0.39, 0.29) is 31.1 Å². The Morgan fingerprint density at radius 1 is 0.256 bits per heavy atom. The average Bonchev–Trinajstić information content (AvgIpc) is 3.47. The Bertz CT molecular complexity index is 1780. The van der Waals surface area contributed by atoms with Gasteiger partial charge in [0, 0.05) is 19.3 Å². The van der Waals surface area contributed by atoms with Gasteiger partial charge in [0.1, 0.15) is 13.2 Å². The van der Waals surface area contributed by atoms with Crippen LogP contribution in [0.25, 0.3) is 0 Å². The number of unbranched alkanes of at least 4 members (excludes halogenated alkanes) is 25. The van der Waals surface area contributed by atoms with Gasteiger partial charge < -0.3 is 14.2 Å². The van der Waals surface area contributed by atoms with Gasteiger partial charge in [-0.1, -0.05) is 276 Å². The second-order valence-corrected chi connectivity index (χ2v) is 22.0. The number of carbonyl (C=O) groups is 3. The maximum atomic E-state index is 12.9. The number of rotatable bonds is 60. The summed E-state index contributed by atoms with van der Waals surface area (Å²) < 4.78 is 16.9. The van der Waals surface area contributed by atoms with Gasteiger partial charge >= 0.3 is 17.9 Å².